The van der Waals surface area contributed by atoms with E-state index >= 15 is 4.39 Å². The van der Waals surface area contributed by atoms with E-state index in [9.17, 15) is 14.7 Å². The Morgan fingerprint density at radius 1 is 1.23 bits per heavy atom. The van der Waals surface area contributed by atoms with E-state index in [-0.39, 0.29) is 56.8 Å². The van der Waals surface area contributed by atoms with Gasteiger partial charge in [-0.3, -0.25) is 9.79 Å². The lowest BCUT2D eigenvalue weighted by Crippen LogP contribution is -2.58. The first-order valence-electron chi connectivity index (χ1n) is 14.1. The van der Waals surface area contributed by atoms with Crippen molar-refractivity contribution in [1.82, 2.24) is 19.4 Å². The van der Waals surface area contributed by atoms with E-state index in [1.54, 1.807) is 22.7 Å². The van der Waals surface area contributed by atoms with Gasteiger partial charge in [0, 0.05) is 37.8 Å². The van der Waals surface area contributed by atoms with Crippen molar-refractivity contribution >= 4 is 58.0 Å². The molecule has 1 aromatic carbocycles. The number of carbonyl (C=O) groups excluding carboxylic acids is 1. The number of amides is 1. The summed E-state index contributed by atoms with van der Waals surface area (Å²) in [4.78, 5) is 44.5. The van der Waals surface area contributed by atoms with E-state index in [4.69, 9.17) is 16.6 Å². The van der Waals surface area contributed by atoms with Crippen molar-refractivity contribution in [2.24, 2.45) is 10.9 Å². The van der Waals surface area contributed by atoms with Crippen molar-refractivity contribution in [2.75, 3.05) is 24.2 Å². The number of aromatic hydroxyl groups is 1. The van der Waals surface area contributed by atoms with Crippen LogP contribution in [0.5, 0.6) is 5.75 Å². The number of phenolic OH excluding ortho intramolecular Hbond substituents is 1. The molecule has 1 N–H and O–H groups in total. The zero-order valence-corrected chi connectivity index (χ0v) is 26.3. The largest absolute Gasteiger partial charge is 0.507 e. The number of aliphatic imine (C=N–C) groups is 1. The number of rotatable bonds is 6. The number of carbonyl (C=O) groups is 1. The molecule has 1 fully saturated rings. The maximum absolute atomic E-state index is 15.1. The summed E-state index contributed by atoms with van der Waals surface area (Å²) in [5, 5.41) is 11.1. The number of allylic oxidation sites excluding steroid dienone is 1. The zero-order chi connectivity index (χ0) is 31.2. The molecule has 0 spiro atoms. The normalized spacial score (nSPS) is 20.8. The van der Waals surface area contributed by atoms with E-state index in [0.717, 1.165) is 5.70 Å². The molecule has 2 aromatic heterocycles. The Hall–Kier alpha value is -3.70. The standard InChI is InChI=1S/C31H34ClFN6O3S/c1-7-24(41)37-14-18(5)38(15-17(37)4)29-19-13-20(32)27(25-21(33)9-8-10-22(25)40)35-30(19)39(31(42)36-29)28-23(43-6)11-12-34-26(28)16(2)3/h7-10,12-13,16-18,23,40H,1,11,14-15H2,2-6H3/t17-,18+,23?/m1/s1. The van der Waals surface area contributed by atoms with Gasteiger partial charge in [-0.25, -0.2) is 18.7 Å². The minimum atomic E-state index is -0.700. The molecule has 1 saturated heterocycles. The molecule has 12 heteroatoms. The first-order valence-corrected chi connectivity index (χ1v) is 15.8. The molecular weight excluding hydrogens is 591 g/mol. The minimum absolute atomic E-state index is 0.00425. The average Bonchev–Trinajstić information content (AvgIpc) is 2.97. The smallest absolute Gasteiger partial charge is 0.355 e. The zero-order valence-electron chi connectivity index (χ0n) is 24.7. The molecule has 0 aliphatic carbocycles. The molecule has 1 amide bonds. The van der Waals surface area contributed by atoms with Crippen LogP contribution in [0.1, 0.15) is 34.1 Å². The molecule has 0 saturated carbocycles. The second-order valence-electron chi connectivity index (χ2n) is 11.1. The van der Waals surface area contributed by atoms with Crippen LogP contribution in [-0.4, -0.2) is 73.3 Å². The van der Waals surface area contributed by atoms with Gasteiger partial charge in [0.1, 0.15) is 17.4 Å². The fourth-order valence-corrected chi connectivity index (χ4v) is 6.78. The number of piperazine rings is 1. The summed E-state index contributed by atoms with van der Waals surface area (Å²) < 4.78 is 16.6. The molecule has 4 heterocycles. The van der Waals surface area contributed by atoms with Crippen molar-refractivity contribution in [2.45, 2.75) is 51.4 Å². The van der Waals surface area contributed by atoms with Crippen LogP contribution in [0, 0.1) is 11.7 Å². The van der Waals surface area contributed by atoms with Gasteiger partial charge < -0.3 is 14.9 Å². The van der Waals surface area contributed by atoms with Crippen LogP contribution >= 0.6 is 23.4 Å². The van der Waals surface area contributed by atoms with Gasteiger partial charge in [-0.15, -0.1) is 0 Å². The van der Waals surface area contributed by atoms with Gasteiger partial charge in [-0.1, -0.05) is 38.1 Å². The summed E-state index contributed by atoms with van der Waals surface area (Å²) in [6.45, 7) is 12.3. The van der Waals surface area contributed by atoms with Crippen molar-refractivity contribution in [3.63, 3.8) is 0 Å². The molecule has 2 aliphatic rings. The number of nitrogens with zero attached hydrogens (tertiary/aromatic N) is 6. The Morgan fingerprint density at radius 2 is 1.98 bits per heavy atom. The average molecular weight is 625 g/mol. The maximum atomic E-state index is 15.1. The highest BCUT2D eigenvalue weighted by Crippen LogP contribution is 2.40. The first kappa shape index (κ1) is 30.7. The Morgan fingerprint density at radius 3 is 2.63 bits per heavy atom. The van der Waals surface area contributed by atoms with Crippen molar-refractivity contribution in [1.29, 1.82) is 0 Å². The van der Waals surface area contributed by atoms with Crippen LogP contribution in [0.25, 0.3) is 28.0 Å². The molecule has 43 heavy (non-hydrogen) atoms. The molecule has 3 aromatic rings. The number of halogens is 2. The molecule has 2 aliphatic heterocycles. The molecule has 0 radical (unpaired) electrons. The predicted octanol–water partition coefficient (Wildman–Crippen LogP) is 5.60. The van der Waals surface area contributed by atoms with Gasteiger partial charge in [0.25, 0.3) is 0 Å². The van der Waals surface area contributed by atoms with Gasteiger partial charge >= 0.3 is 5.69 Å². The Balaban J connectivity index is 1.84. The Labute approximate surface area is 258 Å². The van der Waals surface area contributed by atoms with Crippen LogP contribution in [0.2, 0.25) is 5.02 Å². The first-order chi connectivity index (χ1) is 20.5. The summed E-state index contributed by atoms with van der Waals surface area (Å²) in [6, 6.07) is 5.19. The number of pyridine rings is 1. The molecular formula is C31H34ClFN6O3S. The van der Waals surface area contributed by atoms with E-state index < -0.39 is 11.5 Å². The van der Waals surface area contributed by atoms with Crippen LogP contribution in [0.4, 0.5) is 10.2 Å². The maximum Gasteiger partial charge on any atom is 0.355 e. The number of hydrogen-bond acceptors (Lipinski definition) is 8. The molecule has 9 nitrogen and oxygen atoms in total. The molecule has 226 valence electrons. The summed E-state index contributed by atoms with van der Waals surface area (Å²) >= 11 is 8.36. The number of aromatic nitrogens is 3. The number of anilines is 1. The molecule has 3 atom stereocenters. The highest BCUT2D eigenvalue weighted by molar-refractivity contribution is 7.99. The quantitative estimate of drug-likeness (QED) is 0.356. The number of hydrogen-bond donors (Lipinski definition) is 1. The fraction of sp³-hybridized carbons (Fsp3) is 0.387. The van der Waals surface area contributed by atoms with Crippen molar-refractivity contribution in [3.05, 3.63) is 63.9 Å². The molecule has 5 rings (SSSR count). The second-order valence-corrected chi connectivity index (χ2v) is 12.6. The third-order valence-electron chi connectivity index (χ3n) is 7.94. The van der Waals surface area contributed by atoms with Gasteiger partial charge in [0.05, 0.1) is 38.3 Å². The lowest BCUT2D eigenvalue weighted by Gasteiger charge is -2.44. The second kappa shape index (κ2) is 12.1. The van der Waals surface area contributed by atoms with Gasteiger partial charge in [-0.05, 0) is 50.3 Å². The van der Waals surface area contributed by atoms with Crippen LogP contribution in [0.3, 0.4) is 0 Å². The number of thioether (sulfide) groups is 1. The van der Waals surface area contributed by atoms with E-state index in [1.807, 2.05) is 45.1 Å². The molecule has 0 bridgehead atoms. The lowest BCUT2D eigenvalue weighted by molar-refractivity contribution is -0.128. The third-order valence-corrected chi connectivity index (χ3v) is 9.21. The highest BCUT2D eigenvalue weighted by atomic mass is 35.5. The van der Waals surface area contributed by atoms with Gasteiger partial charge in [0.2, 0.25) is 5.91 Å². The summed E-state index contributed by atoms with van der Waals surface area (Å²) in [6.07, 6.45) is 5.73. The van der Waals surface area contributed by atoms with Gasteiger partial charge in [0.15, 0.2) is 5.65 Å². The van der Waals surface area contributed by atoms with Crippen LogP contribution in [0.15, 0.2) is 52.4 Å². The Kier molecular flexibility index (Phi) is 8.67. The van der Waals surface area contributed by atoms with E-state index in [0.29, 0.717) is 36.4 Å². The van der Waals surface area contributed by atoms with Crippen LogP contribution in [-0.2, 0) is 4.79 Å². The topological polar surface area (TPSA) is 104 Å². The summed E-state index contributed by atoms with van der Waals surface area (Å²) in [7, 11) is 0. The van der Waals surface area contributed by atoms with E-state index in [2.05, 4.69) is 16.6 Å². The summed E-state index contributed by atoms with van der Waals surface area (Å²) in [5.41, 5.74) is 0.908. The van der Waals surface area contributed by atoms with Crippen molar-refractivity contribution < 1.29 is 14.3 Å². The van der Waals surface area contributed by atoms with E-state index in [1.165, 1.54) is 28.8 Å². The fourth-order valence-electron chi connectivity index (χ4n) is 5.81. The number of benzene rings is 1. The SMILES string of the molecule is C=CC(=O)N1C[C@H](C)N(c2nc(=O)n(C3=C(C(C)C)N=CCC3SC)c3nc(-c4c(O)cccc4F)c(Cl)cc23)C[C@H]1C. The van der Waals surface area contributed by atoms with Crippen LogP contribution < -0.4 is 10.6 Å². The summed E-state index contributed by atoms with van der Waals surface area (Å²) in [5.74, 6) is -0.837. The Bertz CT molecular complexity index is 1720. The third kappa shape index (κ3) is 5.44. The monoisotopic (exact) mass is 624 g/mol. The number of fused-ring (bicyclic) bond motifs is 1. The van der Waals surface area contributed by atoms with Crippen molar-refractivity contribution in [3.8, 4) is 17.0 Å². The number of phenols is 1. The lowest BCUT2D eigenvalue weighted by atomic mass is 10.0. The minimum Gasteiger partial charge on any atom is -0.507 e. The van der Waals surface area contributed by atoms with Gasteiger partial charge in [-0.2, -0.15) is 16.7 Å². The highest BCUT2D eigenvalue weighted by Gasteiger charge is 2.35. The molecule has 1 unspecified atom stereocenters. The predicted molar refractivity (Wildman–Crippen MR) is 173 cm³/mol.